The van der Waals surface area contributed by atoms with Gasteiger partial charge in [0.25, 0.3) is 0 Å². The molecule has 1 rings (SSSR count). The molecule has 0 spiro atoms. The highest BCUT2D eigenvalue weighted by Gasteiger charge is 2.16. The van der Waals surface area contributed by atoms with E-state index < -0.39 is 23.3 Å². The fourth-order valence-electron chi connectivity index (χ4n) is 0.959. The maximum Gasteiger partial charge on any atom is 0.336 e. The van der Waals surface area contributed by atoms with Crippen LogP contribution in [-0.4, -0.2) is 11.1 Å². The Morgan fingerprint density at radius 3 is 2.54 bits per heavy atom. The Morgan fingerprint density at radius 1 is 1.54 bits per heavy atom. The van der Waals surface area contributed by atoms with Crippen molar-refractivity contribution in [2.24, 2.45) is 0 Å². The van der Waals surface area contributed by atoms with Crippen molar-refractivity contribution in [1.82, 2.24) is 0 Å². The predicted molar refractivity (Wildman–Crippen MR) is 42.5 cm³/mol. The zero-order valence-electron chi connectivity index (χ0n) is 6.77. The molecule has 1 aromatic rings. The second kappa shape index (κ2) is 3.01. The average molecular weight is 187 g/mol. The van der Waals surface area contributed by atoms with Gasteiger partial charge in [-0.25, -0.2) is 13.6 Å². The van der Waals surface area contributed by atoms with Crippen LogP contribution in [0.25, 0.3) is 0 Å². The highest BCUT2D eigenvalue weighted by atomic mass is 19.2. The van der Waals surface area contributed by atoms with Crippen molar-refractivity contribution in [2.75, 3.05) is 5.73 Å². The summed E-state index contributed by atoms with van der Waals surface area (Å²) >= 11 is 0. The smallest absolute Gasteiger partial charge is 0.336 e. The van der Waals surface area contributed by atoms with Gasteiger partial charge in [0.2, 0.25) is 0 Å². The summed E-state index contributed by atoms with van der Waals surface area (Å²) in [6.07, 6.45) is 0. The molecular weight excluding hydrogens is 180 g/mol. The summed E-state index contributed by atoms with van der Waals surface area (Å²) in [5.74, 6) is -3.79. The fraction of sp³-hybridized carbons (Fsp3) is 0.125. The summed E-state index contributed by atoms with van der Waals surface area (Å²) in [7, 11) is 0. The number of carboxylic acids is 1. The van der Waals surface area contributed by atoms with Crippen LogP contribution in [0.1, 0.15) is 15.9 Å². The number of nitrogen functional groups attached to an aromatic ring is 1. The number of aromatic carboxylic acids is 1. The molecule has 0 amide bonds. The summed E-state index contributed by atoms with van der Waals surface area (Å²) in [4.78, 5) is 10.5. The third-order valence-corrected chi connectivity index (χ3v) is 1.76. The average Bonchev–Trinajstić information content (AvgIpc) is 2.07. The molecule has 0 aliphatic carbocycles. The lowest BCUT2D eigenvalue weighted by Crippen LogP contribution is -2.06. The topological polar surface area (TPSA) is 63.3 Å². The van der Waals surface area contributed by atoms with E-state index in [1.54, 1.807) is 0 Å². The molecule has 1 aromatic carbocycles. The second-order valence-corrected chi connectivity index (χ2v) is 2.56. The van der Waals surface area contributed by atoms with Crippen LogP contribution < -0.4 is 5.73 Å². The Hall–Kier alpha value is -1.65. The summed E-state index contributed by atoms with van der Waals surface area (Å²) < 4.78 is 25.4. The third kappa shape index (κ3) is 1.44. The van der Waals surface area contributed by atoms with Gasteiger partial charge >= 0.3 is 5.97 Å². The molecule has 13 heavy (non-hydrogen) atoms. The first kappa shape index (κ1) is 9.44. The SMILES string of the molecule is Cc1c(C(=O)O)cc(F)c(F)c1N. The van der Waals surface area contributed by atoms with E-state index >= 15 is 0 Å². The normalized spacial score (nSPS) is 10.1. The quantitative estimate of drug-likeness (QED) is 0.655. The van der Waals surface area contributed by atoms with Gasteiger partial charge in [0.1, 0.15) is 0 Å². The molecule has 0 aliphatic rings. The lowest BCUT2D eigenvalue weighted by Gasteiger charge is -2.05. The number of benzene rings is 1. The van der Waals surface area contributed by atoms with Gasteiger partial charge in [-0.15, -0.1) is 0 Å². The number of carboxylic acid groups (broad SMARTS) is 1. The number of hydrogen-bond donors (Lipinski definition) is 2. The van der Waals surface area contributed by atoms with Gasteiger partial charge in [-0.1, -0.05) is 0 Å². The molecule has 0 aromatic heterocycles. The van der Waals surface area contributed by atoms with Crippen LogP contribution >= 0.6 is 0 Å². The Morgan fingerprint density at radius 2 is 2.08 bits per heavy atom. The number of nitrogens with two attached hydrogens (primary N) is 1. The Labute approximate surface area is 72.8 Å². The number of hydrogen-bond acceptors (Lipinski definition) is 2. The van der Waals surface area contributed by atoms with Crippen LogP contribution in [0.2, 0.25) is 0 Å². The molecule has 0 fully saturated rings. The van der Waals surface area contributed by atoms with Crippen LogP contribution in [0.3, 0.4) is 0 Å². The van der Waals surface area contributed by atoms with Gasteiger partial charge in [0.05, 0.1) is 11.3 Å². The van der Waals surface area contributed by atoms with E-state index in [4.69, 9.17) is 10.8 Å². The molecule has 0 saturated heterocycles. The van der Waals surface area contributed by atoms with Crippen molar-refractivity contribution in [3.05, 3.63) is 28.8 Å². The third-order valence-electron chi connectivity index (χ3n) is 1.76. The van der Waals surface area contributed by atoms with Crippen LogP contribution in [0.5, 0.6) is 0 Å². The molecule has 0 atom stereocenters. The molecule has 0 aliphatic heterocycles. The molecule has 5 heteroatoms. The minimum absolute atomic E-state index is 0.0337. The number of anilines is 1. The first-order valence-corrected chi connectivity index (χ1v) is 3.42. The first-order chi connectivity index (χ1) is 5.95. The molecule has 0 heterocycles. The molecule has 3 N–H and O–H groups in total. The summed E-state index contributed by atoms with van der Waals surface area (Å²) in [6, 6.07) is 0.614. The Balaban J connectivity index is 3.50. The predicted octanol–water partition coefficient (Wildman–Crippen LogP) is 1.55. The lowest BCUT2D eigenvalue weighted by atomic mass is 10.1. The maximum absolute atomic E-state index is 12.7. The highest BCUT2D eigenvalue weighted by Crippen LogP contribution is 2.22. The first-order valence-electron chi connectivity index (χ1n) is 3.42. The van der Waals surface area contributed by atoms with E-state index in [2.05, 4.69) is 0 Å². The number of carbonyl (C=O) groups is 1. The van der Waals surface area contributed by atoms with Gasteiger partial charge < -0.3 is 10.8 Å². The minimum Gasteiger partial charge on any atom is -0.478 e. The fourth-order valence-corrected chi connectivity index (χ4v) is 0.959. The van der Waals surface area contributed by atoms with E-state index in [0.717, 1.165) is 0 Å². The molecule has 70 valence electrons. The molecule has 0 radical (unpaired) electrons. The summed E-state index contributed by atoms with van der Waals surface area (Å²) in [5.41, 5.74) is 4.39. The molecule has 0 saturated carbocycles. The van der Waals surface area contributed by atoms with Gasteiger partial charge in [-0.2, -0.15) is 0 Å². The molecular formula is C8H7F2NO2. The van der Waals surface area contributed by atoms with Crippen molar-refractivity contribution >= 4 is 11.7 Å². The molecule has 0 bridgehead atoms. The van der Waals surface area contributed by atoms with Gasteiger partial charge in [0.15, 0.2) is 11.6 Å². The van der Waals surface area contributed by atoms with E-state index in [1.165, 1.54) is 6.92 Å². The molecule has 0 unspecified atom stereocenters. The van der Waals surface area contributed by atoms with Crippen molar-refractivity contribution in [3.63, 3.8) is 0 Å². The Bertz CT molecular complexity index is 377. The molecule has 3 nitrogen and oxygen atoms in total. The van der Waals surface area contributed by atoms with Crippen molar-refractivity contribution in [1.29, 1.82) is 0 Å². The summed E-state index contributed by atoms with van der Waals surface area (Å²) in [6.45, 7) is 1.32. The van der Waals surface area contributed by atoms with E-state index in [9.17, 15) is 13.6 Å². The van der Waals surface area contributed by atoms with E-state index in [1.807, 2.05) is 0 Å². The lowest BCUT2D eigenvalue weighted by molar-refractivity contribution is 0.0695. The van der Waals surface area contributed by atoms with Crippen LogP contribution in [0.15, 0.2) is 6.07 Å². The van der Waals surface area contributed by atoms with Gasteiger partial charge in [0, 0.05) is 0 Å². The van der Waals surface area contributed by atoms with E-state index in [0.29, 0.717) is 6.07 Å². The maximum atomic E-state index is 12.7. The van der Waals surface area contributed by atoms with Crippen LogP contribution in [0, 0.1) is 18.6 Å². The Kier molecular flexibility index (Phi) is 2.18. The van der Waals surface area contributed by atoms with Crippen molar-refractivity contribution < 1.29 is 18.7 Å². The zero-order chi connectivity index (χ0) is 10.2. The minimum atomic E-state index is -1.33. The van der Waals surface area contributed by atoms with Gasteiger partial charge in [-0.3, -0.25) is 0 Å². The number of rotatable bonds is 1. The highest BCUT2D eigenvalue weighted by molar-refractivity contribution is 5.91. The van der Waals surface area contributed by atoms with Crippen LogP contribution in [-0.2, 0) is 0 Å². The van der Waals surface area contributed by atoms with Crippen molar-refractivity contribution in [3.8, 4) is 0 Å². The van der Waals surface area contributed by atoms with Crippen LogP contribution in [0.4, 0.5) is 14.5 Å². The second-order valence-electron chi connectivity index (χ2n) is 2.56. The summed E-state index contributed by atoms with van der Waals surface area (Å²) in [5, 5.41) is 8.56. The largest absolute Gasteiger partial charge is 0.478 e. The van der Waals surface area contributed by atoms with Gasteiger partial charge in [-0.05, 0) is 18.6 Å². The van der Waals surface area contributed by atoms with Crippen molar-refractivity contribution in [2.45, 2.75) is 6.92 Å². The zero-order valence-corrected chi connectivity index (χ0v) is 6.77. The number of halogens is 2. The monoisotopic (exact) mass is 187 g/mol. The van der Waals surface area contributed by atoms with E-state index in [-0.39, 0.29) is 11.1 Å². The standard InChI is InChI=1S/C8H7F2NO2/c1-3-4(8(12)13)2-5(9)6(10)7(3)11/h2H,11H2,1H3,(H,12,13).